The Morgan fingerprint density at radius 3 is 1.05 bits per heavy atom. The zero-order valence-electron chi connectivity index (χ0n) is 15.6. The first-order chi connectivity index (χ1) is 10.3. The summed E-state index contributed by atoms with van der Waals surface area (Å²) < 4.78 is 0. The molecule has 0 aromatic heterocycles. The van der Waals surface area contributed by atoms with Gasteiger partial charge in [-0.2, -0.15) is 0 Å². The van der Waals surface area contributed by atoms with Crippen molar-refractivity contribution in [1.29, 1.82) is 0 Å². The van der Waals surface area contributed by atoms with E-state index in [1.54, 1.807) is 0 Å². The molecule has 0 spiro atoms. The molecule has 1 unspecified atom stereocenters. The van der Waals surface area contributed by atoms with Crippen molar-refractivity contribution in [3.63, 3.8) is 0 Å². The second kappa shape index (κ2) is 18.1. The van der Waals surface area contributed by atoms with Crippen molar-refractivity contribution in [2.75, 3.05) is 0 Å². The number of rotatable bonds is 17. The molecule has 0 rings (SSSR count). The fraction of sp³-hybridized carbons (Fsp3) is 1.00. The Bertz CT molecular complexity index is 173. The lowest BCUT2D eigenvalue weighted by molar-refractivity contribution is 0.431. The van der Waals surface area contributed by atoms with Crippen LogP contribution in [0.1, 0.15) is 130 Å². The van der Waals surface area contributed by atoms with E-state index >= 15 is 0 Å². The molecule has 0 saturated carbocycles. The van der Waals surface area contributed by atoms with Crippen LogP contribution in [0.4, 0.5) is 0 Å². The maximum absolute atomic E-state index is 2.47. The largest absolute Gasteiger partial charge is 0.0654 e. The summed E-state index contributed by atoms with van der Waals surface area (Å²) in [6, 6.07) is 0. The lowest BCUT2D eigenvalue weighted by atomic mass is 9.96. The fourth-order valence-electron chi connectivity index (χ4n) is 3.22. The summed E-state index contributed by atoms with van der Waals surface area (Å²) in [6.07, 6.45) is 24.8. The molecule has 0 heteroatoms. The minimum atomic E-state index is 0.973. The van der Waals surface area contributed by atoms with Crippen LogP contribution in [0.2, 0.25) is 0 Å². The van der Waals surface area contributed by atoms with Crippen LogP contribution in [0, 0.1) is 5.92 Å². The average molecular weight is 297 g/mol. The molecule has 0 aliphatic carbocycles. The van der Waals surface area contributed by atoms with Gasteiger partial charge in [0.25, 0.3) is 0 Å². The van der Waals surface area contributed by atoms with Gasteiger partial charge in [0.15, 0.2) is 0 Å². The molecular formula is C21H44. The summed E-state index contributed by atoms with van der Waals surface area (Å²) in [7, 11) is 0. The monoisotopic (exact) mass is 296 g/mol. The lowest BCUT2D eigenvalue weighted by Crippen LogP contribution is -1.95. The molecule has 0 aliphatic heterocycles. The lowest BCUT2D eigenvalue weighted by Gasteiger charge is -2.11. The Morgan fingerprint density at radius 1 is 0.429 bits per heavy atom. The van der Waals surface area contributed by atoms with Crippen molar-refractivity contribution >= 4 is 0 Å². The summed E-state index contributed by atoms with van der Waals surface area (Å²) in [6.45, 7) is 7.06. The SMILES string of the molecule is CCCCCCCCCCCCC(C)CCCCCCC. The van der Waals surface area contributed by atoms with Gasteiger partial charge in [-0.05, 0) is 5.92 Å². The highest BCUT2D eigenvalue weighted by atomic mass is 14.1. The van der Waals surface area contributed by atoms with E-state index in [0.717, 1.165) is 5.92 Å². The maximum atomic E-state index is 2.47. The van der Waals surface area contributed by atoms with Gasteiger partial charge in [-0.3, -0.25) is 0 Å². The van der Waals surface area contributed by atoms with Gasteiger partial charge in [0, 0.05) is 0 Å². The molecule has 21 heavy (non-hydrogen) atoms. The van der Waals surface area contributed by atoms with E-state index in [0.29, 0.717) is 0 Å². The Morgan fingerprint density at radius 2 is 0.714 bits per heavy atom. The van der Waals surface area contributed by atoms with E-state index in [4.69, 9.17) is 0 Å². The molecule has 0 aromatic carbocycles. The average Bonchev–Trinajstić information content (AvgIpc) is 2.49. The summed E-state index contributed by atoms with van der Waals surface area (Å²) in [4.78, 5) is 0. The molecule has 0 saturated heterocycles. The van der Waals surface area contributed by atoms with Crippen LogP contribution in [0.25, 0.3) is 0 Å². The van der Waals surface area contributed by atoms with Gasteiger partial charge in [0.1, 0.15) is 0 Å². The van der Waals surface area contributed by atoms with Gasteiger partial charge in [-0.25, -0.2) is 0 Å². The highest BCUT2D eigenvalue weighted by Gasteiger charge is 2.02. The van der Waals surface area contributed by atoms with Gasteiger partial charge in [-0.1, -0.05) is 130 Å². The predicted molar refractivity (Wildman–Crippen MR) is 99.0 cm³/mol. The van der Waals surface area contributed by atoms with E-state index in [-0.39, 0.29) is 0 Å². The Kier molecular flexibility index (Phi) is 18.1. The van der Waals surface area contributed by atoms with E-state index in [2.05, 4.69) is 20.8 Å². The third-order valence-electron chi connectivity index (χ3n) is 4.85. The number of hydrogen-bond acceptors (Lipinski definition) is 0. The Labute approximate surface area is 136 Å². The Balaban J connectivity index is 3.09. The standard InChI is InChI=1S/C21H44/c1-4-6-8-10-11-12-13-14-16-18-20-21(3)19-17-15-9-7-5-2/h21H,4-20H2,1-3H3. The normalized spacial score (nSPS) is 12.7. The molecule has 1 atom stereocenters. The molecule has 0 N–H and O–H groups in total. The summed E-state index contributed by atoms with van der Waals surface area (Å²) in [5.74, 6) is 0.973. The summed E-state index contributed by atoms with van der Waals surface area (Å²) >= 11 is 0. The maximum Gasteiger partial charge on any atom is -0.0443 e. The number of unbranched alkanes of at least 4 members (excludes halogenated alkanes) is 13. The zero-order valence-corrected chi connectivity index (χ0v) is 15.6. The highest BCUT2D eigenvalue weighted by Crippen LogP contribution is 2.18. The van der Waals surface area contributed by atoms with Gasteiger partial charge in [0.2, 0.25) is 0 Å². The van der Waals surface area contributed by atoms with Gasteiger partial charge >= 0.3 is 0 Å². The van der Waals surface area contributed by atoms with Crippen LogP contribution < -0.4 is 0 Å². The minimum Gasteiger partial charge on any atom is -0.0654 e. The van der Waals surface area contributed by atoms with Crippen molar-refractivity contribution in [3.8, 4) is 0 Å². The minimum absolute atomic E-state index is 0.973. The van der Waals surface area contributed by atoms with Crippen molar-refractivity contribution < 1.29 is 0 Å². The second-order valence-electron chi connectivity index (χ2n) is 7.28. The first-order valence-electron chi connectivity index (χ1n) is 10.3. The fourth-order valence-corrected chi connectivity index (χ4v) is 3.22. The van der Waals surface area contributed by atoms with Crippen LogP contribution in [-0.2, 0) is 0 Å². The van der Waals surface area contributed by atoms with Crippen molar-refractivity contribution in [2.24, 2.45) is 5.92 Å². The second-order valence-corrected chi connectivity index (χ2v) is 7.28. The summed E-state index contributed by atoms with van der Waals surface area (Å²) in [5.41, 5.74) is 0. The smallest absolute Gasteiger partial charge is 0.0443 e. The molecule has 0 bridgehead atoms. The van der Waals surface area contributed by atoms with Gasteiger partial charge in [-0.15, -0.1) is 0 Å². The molecule has 0 aromatic rings. The quantitative estimate of drug-likeness (QED) is 0.237. The van der Waals surface area contributed by atoms with E-state index in [9.17, 15) is 0 Å². The topological polar surface area (TPSA) is 0 Å². The first-order valence-corrected chi connectivity index (χ1v) is 10.3. The molecule has 0 radical (unpaired) electrons. The third-order valence-corrected chi connectivity index (χ3v) is 4.85. The first kappa shape index (κ1) is 21.0. The molecule has 128 valence electrons. The van der Waals surface area contributed by atoms with Crippen LogP contribution in [0.15, 0.2) is 0 Å². The zero-order chi connectivity index (χ0) is 15.6. The molecule has 0 fully saturated rings. The van der Waals surface area contributed by atoms with Crippen LogP contribution in [-0.4, -0.2) is 0 Å². The van der Waals surface area contributed by atoms with Crippen LogP contribution >= 0.6 is 0 Å². The van der Waals surface area contributed by atoms with Gasteiger partial charge in [0.05, 0.1) is 0 Å². The number of hydrogen-bond donors (Lipinski definition) is 0. The predicted octanol–water partition coefficient (Wildman–Crippen LogP) is 8.29. The van der Waals surface area contributed by atoms with Gasteiger partial charge < -0.3 is 0 Å². The highest BCUT2D eigenvalue weighted by molar-refractivity contribution is 4.55. The van der Waals surface area contributed by atoms with Crippen molar-refractivity contribution in [3.05, 3.63) is 0 Å². The van der Waals surface area contributed by atoms with Crippen molar-refractivity contribution in [2.45, 2.75) is 130 Å². The molecule has 0 amide bonds. The molecule has 0 heterocycles. The summed E-state index contributed by atoms with van der Waals surface area (Å²) in [5, 5.41) is 0. The van der Waals surface area contributed by atoms with Crippen molar-refractivity contribution in [1.82, 2.24) is 0 Å². The molecule has 0 nitrogen and oxygen atoms in total. The van der Waals surface area contributed by atoms with Crippen LogP contribution in [0.5, 0.6) is 0 Å². The molecule has 0 aliphatic rings. The van der Waals surface area contributed by atoms with E-state index in [1.165, 1.54) is 109 Å². The molecular weight excluding hydrogens is 252 g/mol. The van der Waals surface area contributed by atoms with E-state index in [1.807, 2.05) is 0 Å². The van der Waals surface area contributed by atoms with E-state index < -0.39 is 0 Å². The Hall–Kier alpha value is 0. The van der Waals surface area contributed by atoms with Crippen LogP contribution in [0.3, 0.4) is 0 Å². The third kappa shape index (κ3) is 18.0.